The number of primary amides is 1. The first-order valence-electron chi connectivity index (χ1n) is 11.0. The predicted octanol–water partition coefficient (Wildman–Crippen LogP) is -2.52. The van der Waals surface area contributed by atoms with Gasteiger partial charge < -0.3 is 43.4 Å². The van der Waals surface area contributed by atoms with Crippen molar-refractivity contribution >= 4 is 47.3 Å². The lowest BCUT2D eigenvalue weighted by Crippen LogP contribution is -2.57. The van der Waals surface area contributed by atoms with Crippen LogP contribution in [0.25, 0.3) is 0 Å². The monoisotopic (exact) mass is 520 g/mol. The first kappa shape index (κ1) is 32.1. The Balaban J connectivity index is 5.48. The summed E-state index contributed by atoms with van der Waals surface area (Å²) in [5.41, 5.74) is 16.3. The number of carbonyl (C=O) groups excluding carboxylic acids is 4. The van der Waals surface area contributed by atoms with Gasteiger partial charge in [-0.3, -0.25) is 24.0 Å². The summed E-state index contributed by atoms with van der Waals surface area (Å²) in [6.07, 6.45) is 1.93. The number of aliphatic carboxylic acids is 2. The Kier molecular flexibility index (Phi) is 16.1. The van der Waals surface area contributed by atoms with E-state index in [-0.39, 0.29) is 25.7 Å². The fourth-order valence-corrected chi connectivity index (χ4v) is 3.37. The zero-order chi connectivity index (χ0) is 27.0. The van der Waals surface area contributed by atoms with E-state index in [1.165, 1.54) is 11.8 Å². The number of carboxylic acids is 2. The van der Waals surface area contributed by atoms with Gasteiger partial charge in [-0.1, -0.05) is 6.42 Å². The fraction of sp³-hybridized carbons (Fsp3) is 0.700. The van der Waals surface area contributed by atoms with E-state index in [4.69, 9.17) is 22.3 Å². The van der Waals surface area contributed by atoms with Crippen LogP contribution in [0.5, 0.6) is 0 Å². The summed E-state index contributed by atoms with van der Waals surface area (Å²) in [7, 11) is 0. The zero-order valence-corrected chi connectivity index (χ0v) is 20.5. The molecular weight excluding hydrogens is 484 g/mol. The molecule has 0 radical (unpaired) electrons. The maximum Gasteiger partial charge on any atom is 0.326 e. The molecule has 0 aliphatic heterocycles. The number of carbonyl (C=O) groups is 6. The summed E-state index contributed by atoms with van der Waals surface area (Å²) in [5.74, 6) is -5.69. The molecule has 0 saturated carbocycles. The summed E-state index contributed by atoms with van der Waals surface area (Å²) in [5, 5.41) is 25.3. The second kappa shape index (κ2) is 17.5. The van der Waals surface area contributed by atoms with Crippen LogP contribution in [0.2, 0.25) is 0 Å². The highest BCUT2D eigenvalue weighted by Crippen LogP contribution is 2.06. The quantitative estimate of drug-likeness (QED) is 0.0824. The molecule has 4 atom stereocenters. The topological polar surface area (TPSA) is 257 Å². The van der Waals surface area contributed by atoms with E-state index in [1.807, 2.05) is 0 Å². The number of carboxylic acid groups (broad SMARTS) is 2. The average Bonchev–Trinajstić information content (AvgIpc) is 2.77. The normalized spacial score (nSPS) is 14.1. The van der Waals surface area contributed by atoms with E-state index in [0.717, 1.165) is 0 Å². The van der Waals surface area contributed by atoms with Gasteiger partial charge in [-0.15, -0.1) is 0 Å². The maximum absolute atomic E-state index is 12.8. The van der Waals surface area contributed by atoms with E-state index >= 15 is 0 Å². The Hall–Kier alpha value is -2.91. The number of nitrogens with one attached hydrogen (secondary N) is 3. The molecule has 0 spiro atoms. The maximum atomic E-state index is 12.8. The Morgan fingerprint density at radius 3 is 1.91 bits per heavy atom. The highest BCUT2D eigenvalue weighted by molar-refractivity contribution is 7.98. The zero-order valence-electron chi connectivity index (χ0n) is 19.7. The second-order valence-corrected chi connectivity index (χ2v) is 8.78. The van der Waals surface area contributed by atoms with Gasteiger partial charge in [0.05, 0.1) is 12.5 Å². The van der Waals surface area contributed by atoms with Crippen molar-refractivity contribution in [3.8, 4) is 0 Å². The number of rotatable bonds is 19. The molecule has 0 aliphatic carbocycles. The SMILES string of the molecule is CSCCC(NC(=O)C(CCC(N)=O)NC(=O)C(CC(=O)O)NC(=O)C(N)CCCCN)C(=O)O. The molecule has 0 saturated heterocycles. The van der Waals surface area contributed by atoms with E-state index in [9.17, 15) is 33.9 Å². The van der Waals surface area contributed by atoms with E-state index in [0.29, 0.717) is 25.1 Å². The minimum absolute atomic E-state index is 0.110. The van der Waals surface area contributed by atoms with Crippen molar-refractivity contribution in [3.05, 3.63) is 0 Å². The molecule has 0 aromatic carbocycles. The van der Waals surface area contributed by atoms with Gasteiger partial charge in [-0.25, -0.2) is 4.79 Å². The van der Waals surface area contributed by atoms with Gasteiger partial charge in [0, 0.05) is 6.42 Å². The molecule has 0 fully saturated rings. The van der Waals surface area contributed by atoms with Crippen molar-refractivity contribution in [2.75, 3.05) is 18.6 Å². The summed E-state index contributed by atoms with van der Waals surface area (Å²) in [6.45, 7) is 0.410. The fourth-order valence-electron chi connectivity index (χ4n) is 2.90. The molecule has 15 heteroatoms. The van der Waals surface area contributed by atoms with Crippen LogP contribution in [0.3, 0.4) is 0 Å². The average molecular weight is 521 g/mol. The Morgan fingerprint density at radius 2 is 1.40 bits per heavy atom. The summed E-state index contributed by atoms with van der Waals surface area (Å²) < 4.78 is 0. The third kappa shape index (κ3) is 14.2. The highest BCUT2D eigenvalue weighted by Gasteiger charge is 2.31. The Bertz CT molecular complexity index is 753. The Morgan fingerprint density at radius 1 is 0.829 bits per heavy atom. The van der Waals surface area contributed by atoms with Crippen molar-refractivity contribution in [2.24, 2.45) is 17.2 Å². The molecular formula is C20H36N6O8S. The molecule has 200 valence electrons. The van der Waals surface area contributed by atoms with Gasteiger partial charge in [-0.05, 0) is 44.2 Å². The van der Waals surface area contributed by atoms with Crippen molar-refractivity contribution in [3.63, 3.8) is 0 Å². The van der Waals surface area contributed by atoms with Crippen LogP contribution < -0.4 is 33.2 Å². The van der Waals surface area contributed by atoms with Crippen LogP contribution >= 0.6 is 11.8 Å². The standard InChI is InChI=1S/C20H36N6O8S/c1-35-9-7-13(20(33)34)25-18(31)12(5-6-15(23)27)24-19(32)14(10-16(28)29)26-17(30)11(22)4-2-3-8-21/h11-14H,2-10,21-22H2,1H3,(H2,23,27)(H,24,32)(H,25,31)(H,26,30)(H,28,29)(H,33,34). The molecule has 0 aromatic heterocycles. The third-order valence-electron chi connectivity index (χ3n) is 4.86. The van der Waals surface area contributed by atoms with Crippen LogP contribution in [0.4, 0.5) is 0 Å². The molecule has 0 heterocycles. The molecule has 14 nitrogen and oxygen atoms in total. The molecule has 0 bridgehead atoms. The summed E-state index contributed by atoms with van der Waals surface area (Å²) in [6, 6.07) is -5.23. The number of hydrogen-bond donors (Lipinski definition) is 8. The van der Waals surface area contributed by atoms with Gasteiger partial charge in [0.25, 0.3) is 0 Å². The number of nitrogens with two attached hydrogens (primary N) is 3. The molecule has 0 aromatic rings. The van der Waals surface area contributed by atoms with Crippen LogP contribution in [0.15, 0.2) is 0 Å². The molecule has 4 unspecified atom stereocenters. The smallest absolute Gasteiger partial charge is 0.326 e. The largest absolute Gasteiger partial charge is 0.481 e. The molecule has 35 heavy (non-hydrogen) atoms. The van der Waals surface area contributed by atoms with E-state index in [1.54, 1.807) is 6.26 Å². The summed E-state index contributed by atoms with van der Waals surface area (Å²) >= 11 is 1.37. The molecule has 4 amide bonds. The third-order valence-corrected chi connectivity index (χ3v) is 5.50. The van der Waals surface area contributed by atoms with Crippen LogP contribution in [0.1, 0.15) is 44.9 Å². The second-order valence-electron chi connectivity index (χ2n) is 7.80. The lowest BCUT2D eigenvalue weighted by Gasteiger charge is -2.24. The number of amides is 4. The van der Waals surface area contributed by atoms with Crippen molar-refractivity contribution in [1.82, 2.24) is 16.0 Å². The van der Waals surface area contributed by atoms with Crippen LogP contribution in [0, 0.1) is 0 Å². The van der Waals surface area contributed by atoms with Crippen LogP contribution in [-0.2, 0) is 28.8 Å². The van der Waals surface area contributed by atoms with Gasteiger partial charge in [0.15, 0.2) is 0 Å². The molecule has 0 aliphatic rings. The minimum atomic E-state index is -1.57. The lowest BCUT2D eigenvalue weighted by molar-refractivity contribution is -0.143. The first-order valence-corrected chi connectivity index (χ1v) is 12.4. The first-order chi connectivity index (χ1) is 16.4. The van der Waals surface area contributed by atoms with Gasteiger partial charge in [0.2, 0.25) is 23.6 Å². The highest BCUT2D eigenvalue weighted by atomic mass is 32.2. The molecule has 0 rings (SSSR count). The number of thioether (sulfide) groups is 1. The minimum Gasteiger partial charge on any atom is -0.481 e. The number of hydrogen-bond acceptors (Lipinski definition) is 9. The van der Waals surface area contributed by atoms with E-state index in [2.05, 4.69) is 16.0 Å². The number of unbranched alkanes of at least 4 members (excludes halogenated alkanes) is 1. The van der Waals surface area contributed by atoms with Crippen molar-refractivity contribution in [1.29, 1.82) is 0 Å². The van der Waals surface area contributed by atoms with E-state index < -0.39 is 66.2 Å². The van der Waals surface area contributed by atoms with Crippen molar-refractivity contribution in [2.45, 2.75) is 69.1 Å². The van der Waals surface area contributed by atoms with Gasteiger partial charge in [0.1, 0.15) is 18.1 Å². The Labute approximate surface area is 207 Å². The van der Waals surface area contributed by atoms with Crippen molar-refractivity contribution < 1.29 is 39.0 Å². The van der Waals surface area contributed by atoms with Gasteiger partial charge in [-0.2, -0.15) is 11.8 Å². The molecule has 11 N–H and O–H groups in total. The van der Waals surface area contributed by atoms with Gasteiger partial charge >= 0.3 is 11.9 Å². The summed E-state index contributed by atoms with van der Waals surface area (Å²) in [4.78, 5) is 71.7. The predicted molar refractivity (Wildman–Crippen MR) is 128 cm³/mol. The lowest BCUT2D eigenvalue weighted by atomic mass is 10.1. The van der Waals surface area contributed by atoms with Crippen LogP contribution in [-0.4, -0.2) is 88.5 Å².